The van der Waals surface area contributed by atoms with Crippen molar-refractivity contribution in [3.05, 3.63) is 64.7 Å². The maximum absolute atomic E-state index is 12.3. The molecule has 0 bridgehead atoms. The van der Waals surface area contributed by atoms with E-state index in [-0.39, 0.29) is 18.6 Å². The van der Waals surface area contributed by atoms with Crippen molar-refractivity contribution in [2.45, 2.75) is 38.8 Å². The summed E-state index contributed by atoms with van der Waals surface area (Å²) >= 11 is 5.96. The first-order chi connectivity index (χ1) is 13.2. The standard InChI is InChI=1S/C22H27ClN2O2/c1-2-20(24-15-17-9-11-18(23)12-10-17)19-7-3-4-8-21(19)27-16-22(26)25-13-5-6-14-25/h3-4,7-12,20,24H,2,5-6,13-16H2,1H3. The number of nitrogens with zero attached hydrogens (tertiary/aromatic N) is 1. The van der Waals surface area contributed by atoms with Crippen LogP contribution in [0.1, 0.15) is 43.4 Å². The Bertz CT molecular complexity index is 742. The summed E-state index contributed by atoms with van der Waals surface area (Å²) in [5.74, 6) is 0.852. The van der Waals surface area contributed by atoms with Gasteiger partial charge in [-0.3, -0.25) is 4.79 Å². The lowest BCUT2D eigenvalue weighted by Gasteiger charge is -2.22. The van der Waals surface area contributed by atoms with Crippen molar-refractivity contribution in [1.29, 1.82) is 0 Å². The summed E-state index contributed by atoms with van der Waals surface area (Å²) < 4.78 is 5.91. The molecule has 1 atom stereocenters. The van der Waals surface area contributed by atoms with E-state index >= 15 is 0 Å². The van der Waals surface area contributed by atoms with Gasteiger partial charge in [0.1, 0.15) is 5.75 Å². The smallest absolute Gasteiger partial charge is 0.260 e. The van der Waals surface area contributed by atoms with Crippen LogP contribution in [0.3, 0.4) is 0 Å². The van der Waals surface area contributed by atoms with Crippen LogP contribution in [0.25, 0.3) is 0 Å². The summed E-state index contributed by atoms with van der Waals surface area (Å²) in [4.78, 5) is 14.2. The largest absolute Gasteiger partial charge is 0.483 e. The molecule has 0 radical (unpaired) electrons. The average Bonchev–Trinajstić information content (AvgIpc) is 3.24. The Morgan fingerprint density at radius 1 is 1.15 bits per heavy atom. The van der Waals surface area contributed by atoms with E-state index in [2.05, 4.69) is 18.3 Å². The van der Waals surface area contributed by atoms with Crippen LogP contribution in [0.5, 0.6) is 5.75 Å². The highest BCUT2D eigenvalue weighted by atomic mass is 35.5. The summed E-state index contributed by atoms with van der Waals surface area (Å²) in [7, 11) is 0. The molecule has 1 aliphatic rings. The minimum atomic E-state index is 0.0736. The first kappa shape index (κ1) is 19.7. The van der Waals surface area contributed by atoms with Crippen LogP contribution in [0, 0.1) is 0 Å². The van der Waals surface area contributed by atoms with Crippen molar-refractivity contribution in [3.63, 3.8) is 0 Å². The van der Waals surface area contributed by atoms with Crippen LogP contribution in [-0.2, 0) is 11.3 Å². The van der Waals surface area contributed by atoms with Crippen molar-refractivity contribution < 1.29 is 9.53 Å². The highest BCUT2D eigenvalue weighted by molar-refractivity contribution is 6.30. The van der Waals surface area contributed by atoms with Crippen molar-refractivity contribution in [3.8, 4) is 5.75 Å². The molecule has 0 aliphatic carbocycles. The summed E-state index contributed by atoms with van der Waals surface area (Å²) in [5.41, 5.74) is 2.27. The number of amides is 1. The third-order valence-electron chi connectivity index (χ3n) is 4.98. The zero-order valence-electron chi connectivity index (χ0n) is 15.8. The number of benzene rings is 2. The van der Waals surface area contributed by atoms with Gasteiger partial charge in [0, 0.05) is 36.3 Å². The van der Waals surface area contributed by atoms with E-state index in [4.69, 9.17) is 16.3 Å². The SMILES string of the molecule is CCC(NCc1ccc(Cl)cc1)c1ccccc1OCC(=O)N1CCCC1. The Hall–Kier alpha value is -2.04. The van der Waals surface area contributed by atoms with E-state index in [9.17, 15) is 4.79 Å². The maximum Gasteiger partial charge on any atom is 0.260 e. The monoisotopic (exact) mass is 386 g/mol. The molecule has 1 amide bonds. The Morgan fingerprint density at radius 2 is 1.85 bits per heavy atom. The number of likely N-dealkylation sites (tertiary alicyclic amines) is 1. The van der Waals surface area contributed by atoms with Gasteiger partial charge in [0.2, 0.25) is 0 Å². The lowest BCUT2D eigenvalue weighted by Crippen LogP contribution is -2.32. The molecule has 1 heterocycles. The second-order valence-electron chi connectivity index (χ2n) is 6.88. The van der Waals surface area contributed by atoms with Crippen LogP contribution in [-0.4, -0.2) is 30.5 Å². The van der Waals surface area contributed by atoms with Crippen LogP contribution in [0.15, 0.2) is 48.5 Å². The first-order valence-corrected chi connectivity index (χ1v) is 10.0. The van der Waals surface area contributed by atoms with Gasteiger partial charge in [0.15, 0.2) is 6.61 Å². The van der Waals surface area contributed by atoms with Gasteiger partial charge < -0.3 is 15.0 Å². The van der Waals surface area contributed by atoms with Crippen LogP contribution < -0.4 is 10.1 Å². The molecule has 0 spiro atoms. The number of carbonyl (C=O) groups excluding carboxylic acids is 1. The molecular weight excluding hydrogens is 360 g/mol. The molecule has 1 aliphatic heterocycles. The third-order valence-corrected chi connectivity index (χ3v) is 5.23. The highest BCUT2D eigenvalue weighted by Gasteiger charge is 2.20. The number of carbonyl (C=O) groups is 1. The Morgan fingerprint density at radius 3 is 2.56 bits per heavy atom. The molecule has 3 rings (SSSR count). The summed E-state index contributed by atoms with van der Waals surface area (Å²) in [6, 6.07) is 16.0. The fourth-order valence-electron chi connectivity index (χ4n) is 3.41. The fraction of sp³-hybridized carbons (Fsp3) is 0.409. The lowest BCUT2D eigenvalue weighted by atomic mass is 10.0. The third kappa shape index (κ3) is 5.47. The van der Waals surface area contributed by atoms with E-state index in [1.165, 1.54) is 5.56 Å². The number of hydrogen-bond donors (Lipinski definition) is 1. The second kappa shape index (κ2) is 9.77. The molecule has 1 fully saturated rings. The molecule has 27 heavy (non-hydrogen) atoms. The molecule has 0 saturated carbocycles. The van der Waals surface area contributed by atoms with Crippen LogP contribution in [0.2, 0.25) is 5.02 Å². The van der Waals surface area contributed by atoms with Gasteiger partial charge in [-0.25, -0.2) is 0 Å². The Labute approximate surface area is 166 Å². The van der Waals surface area contributed by atoms with Gasteiger partial charge >= 0.3 is 0 Å². The van der Waals surface area contributed by atoms with Gasteiger partial charge in [-0.15, -0.1) is 0 Å². The second-order valence-corrected chi connectivity index (χ2v) is 7.32. The molecule has 2 aromatic rings. The maximum atomic E-state index is 12.3. The van der Waals surface area contributed by atoms with Gasteiger partial charge in [-0.1, -0.05) is 48.9 Å². The quantitative estimate of drug-likeness (QED) is 0.721. The number of hydrogen-bond acceptors (Lipinski definition) is 3. The molecule has 1 unspecified atom stereocenters. The molecule has 4 nitrogen and oxygen atoms in total. The first-order valence-electron chi connectivity index (χ1n) is 9.64. The number of halogens is 1. The molecule has 1 N–H and O–H groups in total. The topological polar surface area (TPSA) is 41.6 Å². The Balaban J connectivity index is 1.63. The van der Waals surface area contributed by atoms with Crippen LogP contribution >= 0.6 is 11.6 Å². The molecule has 144 valence electrons. The van der Waals surface area contributed by atoms with Crippen molar-refractivity contribution in [1.82, 2.24) is 10.2 Å². The van der Waals surface area contributed by atoms with E-state index < -0.39 is 0 Å². The summed E-state index contributed by atoms with van der Waals surface area (Å²) in [6.07, 6.45) is 3.11. The molecule has 5 heteroatoms. The van der Waals surface area contributed by atoms with E-state index in [1.807, 2.05) is 47.4 Å². The Kier molecular flexibility index (Phi) is 7.13. The van der Waals surface area contributed by atoms with Gasteiger partial charge in [-0.2, -0.15) is 0 Å². The van der Waals surface area contributed by atoms with Crippen LogP contribution in [0.4, 0.5) is 0 Å². The zero-order valence-corrected chi connectivity index (χ0v) is 16.5. The average molecular weight is 387 g/mol. The van der Waals surface area contributed by atoms with Gasteiger partial charge in [0.25, 0.3) is 5.91 Å². The van der Waals surface area contributed by atoms with Crippen molar-refractivity contribution in [2.75, 3.05) is 19.7 Å². The van der Waals surface area contributed by atoms with Gasteiger partial charge in [0.05, 0.1) is 0 Å². The molecular formula is C22H27ClN2O2. The normalized spacial score (nSPS) is 15.0. The fourth-order valence-corrected chi connectivity index (χ4v) is 3.54. The minimum Gasteiger partial charge on any atom is -0.483 e. The van der Waals surface area contributed by atoms with Crippen molar-refractivity contribution in [2.24, 2.45) is 0 Å². The minimum absolute atomic E-state index is 0.0736. The van der Waals surface area contributed by atoms with E-state index in [0.29, 0.717) is 0 Å². The van der Waals surface area contributed by atoms with E-state index in [0.717, 1.165) is 55.2 Å². The molecule has 1 saturated heterocycles. The zero-order chi connectivity index (χ0) is 19.1. The van der Waals surface area contributed by atoms with E-state index in [1.54, 1.807) is 0 Å². The number of para-hydroxylation sites is 1. The highest BCUT2D eigenvalue weighted by Crippen LogP contribution is 2.27. The number of rotatable bonds is 8. The lowest BCUT2D eigenvalue weighted by molar-refractivity contribution is -0.132. The van der Waals surface area contributed by atoms with Crippen molar-refractivity contribution >= 4 is 17.5 Å². The molecule has 0 aromatic heterocycles. The predicted octanol–water partition coefficient (Wildman–Crippen LogP) is 4.58. The number of nitrogens with one attached hydrogen (secondary N) is 1. The summed E-state index contributed by atoms with van der Waals surface area (Å²) in [5, 5.41) is 4.33. The molecule has 2 aromatic carbocycles. The van der Waals surface area contributed by atoms with Gasteiger partial charge in [-0.05, 0) is 43.0 Å². The predicted molar refractivity (Wildman–Crippen MR) is 109 cm³/mol. The summed E-state index contributed by atoms with van der Waals surface area (Å²) in [6.45, 7) is 4.70. The number of ether oxygens (including phenoxy) is 1.